The Hall–Kier alpha value is -0.410. The Morgan fingerprint density at radius 1 is 1.08 bits per heavy atom. The van der Waals surface area contributed by atoms with Gasteiger partial charge in [-0.3, -0.25) is 4.79 Å². The highest BCUT2D eigenvalue weighted by Gasteiger charge is 2.29. The molecule has 1 heterocycles. The molecule has 0 atom stereocenters. The van der Waals surface area contributed by atoms with Crippen molar-refractivity contribution in [2.24, 2.45) is 5.92 Å². The summed E-state index contributed by atoms with van der Waals surface area (Å²) in [4.78, 5) is 11.0. The average Bonchev–Trinajstić information content (AvgIpc) is 2.20. The van der Waals surface area contributed by atoms with Crippen LogP contribution < -0.4 is 0 Å². The Bertz CT molecular complexity index is 175. The zero-order valence-electron chi connectivity index (χ0n) is 7.83. The summed E-state index contributed by atoms with van der Waals surface area (Å²) in [6, 6.07) is 0. The number of Topliss-reactive ketones (excluding diaryl/α,β-unsaturated/α-hetero) is 1. The summed E-state index contributed by atoms with van der Waals surface area (Å²) in [6.45, 7) is 1.63. The molecule has 0 aromatic carbocycles. The molecule has 1 saturated heterocycles. The summed E-state index contributed by atoms with van der Waals surface area (Å²) in [5, 5.41) is 0. The van der Waals surface area contributed by atoms with Crippen molar-refractivity contribution in [1.29, 1.82) is 0 Å². The molecule has 1 aliphatic carbocycles. The van der Waals surface area contributed by atoms with Gasteiger partial charge in [-0.05, 0) is 19.3 Å². The van der Waals surface area contributed by atoms with Crippen molar-refractivity contribution in [3.63, 3.8) is 0 Å². The molecule has 0 amide bonds. The Morgan fingerprint density at radius 2 is 1.69 bits per heavy atom. The molecule has 2 fully saturated rings. The first-order valence-electron chi connectivity index (χ1n) is 5.11. The average molecular weight is 184 g/mol. The molecule has 0 radical (unpaired) electrons. The van der Waals surface area contributed by atoms with Gasteiger partial charge in [0.15, 0.2) is 6.29 Å². The number of ketones is 1. The molecule has 2 aliphatic rings. The van der Waals surface area contributed by atoms with Gasteiger partial charge in [0.2, 0.25) is 0 Å². The van der Waals surface area contributed by atoms with Gasteiger partial charge < -0.3 is 9.47 Å². The molecule has 0 bridgehead atoms. The van der Waals surface area contributed by atoms with Crippen LogP contribution in [0, 0.1) is 5.92 Å². The number of rotatable bonds is 1. The summed E-state index contributed by atoms with van der Waals surface area (Å²) < 4.78 is 11.0. The second-order valence-electron chi connectivity index (χ2n) is 3.84. The smallest absolute Gasteiger partial charge is 0.160 e. The van der Waals surface area contributed by atoms with Crippen LogP contribution in [0.5, 0.6) is 0 Å². The minimum absolute atomic E-state index is 0.0261. The summed E-state index contributed by atoms with van der Waals surface area (Å²) in [6.07, 6.45) is 4.30. The molecule has 0 aromatic heterocycles. The maximum absolute atomic E-state index is 11.0. The molecular weight excluding hydrogens is 168 g/mol. The quantitative estimate of drug-likeness (QED) is 0.619. The predicted molar refractivity (Wildman–Crippen MR) is 47.3 cm³/mol. The maximum atomic E-state index is 11.0. The topological polar surface area (TPSA) is 35.5 Å². The van der Waals surface area contributed by atoms with Crippen LogP contribution in [0.3, 0.4) is 0 Å². The van der Waals surface area contributed by atoms with Crippen LogP contribution >= 0.6 is 0 Å². The van der Waals surface area contributed by atoms with E-state index in [1.54, 1.807) is 0 Å². The van der Waals surface area contributed by atoms with E-state index in [4.69, 9.17) is 9.47 Å². The first-order chi connectivity index (χ1) is 6.36. The monoisotopic (exact) mass is 184 g/mol. The Kier molecular flexibility index (Phi) is 2.96. The van der Waals surface area contributed by atoms with Crippen LogP contribution in [0.1, 0.15) is 32.1 Å². The first-order valence-corrected chi connectivity index (χ1v) is 5.11. The van der Waals surface area contributed by atoms with Gasteiger partial charge in [-0.25, -0.2) is 0 Å². The van der Waals surface area contributed by atoms with Gasteiger partial charge in [0, 0.05) is 18.8 Å². The van der Waals surface area contributed by atoms with Gasteiger partial charge in [-0.1, -0.05) is 0 Å². The predicted octanol–water partition coefficient (Wildman–Crippen LogP) is 1.51. The van der Waals surface area contributed by atoms with Crippen LogP contribution in [0.2, 0.25) is 0 Å². The third-order valence-corrected chi connectivity index (χ3v) is 2.83. The van der Waals surface area contributed by atoms with Crippen molar-refractivity contribution in [3.05, 3.63) is 0 Å². The highest BCUT2D eigenvalue weighted by Crippen LogP contribution is 2.28. The van der Waals surface area contributed by atoms with Crippen molar-refractivity contribution < 1.29 is 14.3 Å². The lowest BCUT2D eigenvalue weighted by atomic mass is 9.88. The summed E-state index contributed by atoms with van der Waals surface area (Å²) >= 11 is 0. The van der Waals surface area contributed by atoms with Crippen LogP contribution in [0.15, 0.2) is 0 Å². The van der Waals surface area contributed by atoms with E-state index < -0.39 is 0 Å². The van der Waals surface area contributed by atoms with E-state index in [1.165, 1.54) is 0 Å². The van der Waals surface area contributed by atoms with Crippen molar-refractivity contribution >= 4 is 5.78 Å². The molecule has 3 nitrogen and oxygen atoms in total. The number of hydrogen-bond acceptors (Lipinski definition) is 3. The van der Waals surface area contributed by atoms with Crippen molar-refractivity contribution in [2.75, 3.05) is 13.2 Å². The van der Waals surface area contributed by atoms with Gasteiger partial charge in [0.1, 0.15) is 5.78 Å². The first kappa shape index (κ1) is 9.16. The Balaban J connectivity index is 1.82. The molecule has 1 aliphatic heterocycles. The lowest BCUT2D eigenvalue weighted by Gasteiger charge is -2.32. The number of hydrogen-bond donors (Lipinski definition) is 0. The van der Waals surface area contributed by atoms with Crippen LogP contribution in [0.25, 0.3) is 0 Å². The van der Waals surface area contributed by atoms with Gasteiger partial charge in [-0.2, -0.15) is 0 Å². The number of carbonyl (C=O) groups excluding carboxylic acids is 1. The van der Waals surface area contributed by atoms with Gasteiger partial charge in [0.25, 0.3) is 0 Å². The van der Waals surface area contributed by atoms with E-state index >= 15 is 0 Å². The van der Waals surface area contributed by atoms with Crippen molar-refractivity contribution in [2.45, 2.75) is 38.4 Å². The SMILES string of the molecule is O=C1CCC(C2OCCCO2)CC1. The van der Waals surface area contributed by atoms with Crippen LogP contribution in [-0.2, 0) is 14.3 Å². The number of carbonyl (C=O) groups is 1. The van der Waals surface area contributed by atoms with Crippen molar-refractivity contribution in [3.8, 4) is 0 Å². The normalized spacial score (nSPS) is 27.8. The van der Waals surface area contributed by atoms with Crippen LogP contribution in [0.4, 0.5) is 0 Å². The second-order valence-corrected chi connectivity index (χ2v) is 3.84. The maximum Gasteiger partial charge on any atom is 0.160 e. The fourth-order valence-corrected chi connectivity index (χ4v) is 2.01. The second kappa shape index (κ2) is 4.20. The van der Waals surface area contributed by atoms with E-state index in [9.17, 15) is 4.79 Å². The molecule has 13 heavy (non-hydrogen) atoms. The fraction of sp³-hybridized carbons (Fsp3) is 0.900. The Morgan fingerprint density at radius 3 is 2.31 bits per heavy atom. The van der Waals surface area contributed by atoms with E-state index in [-0.39, 0.29) is 6.29 Å². The highest BCUT2D eigenvalue weighted by molar-refractivity contribution is 5.79. The third kappa shape index (κ3) is 2.29. The summed E-state index contributed by atoms with van der Waals surface area (Å²) in [7, 11) is 0. The Labute approximate surface area is 78.4 Å². The lowest BCUT2D eigenvalue weighted by molar-refractivity contribution is -0.208. The third-order valence-electron chi connectivity index (χ3n) is 2.83. The van der Waals surface area contributed by atoms with Gasteiger partial charge in [0.05, 0.1) is 13.2 Å². The van der Waals surface area contributed by atoms with E-state index in [2.05, 4.69) is 0 Å². The summed E-state index contributed by atoms with van der Waals surface area (Å²) in [5.41, 5.74) is 0. The highest BCUT2D eigenvalue weighted by atomic mass is 16.7. The van der Waals surface area contributed by atoms with Crippen LogP contribution in [-0.4, -0.2) is 25.3 Å². The molecule has 0 unspecified atom stereocenters. The molecule has 74 valence electrons. The summed E-state index contributed by atoms with van der Waals surface area (Å²) in [5.74, 6) is 0.852. The zero-order valence-corrected chi connectivity index (χ0v) is 7.83. The van der Waals surface area contributed by atoms with Gasteiger partial charge >= 0.3 is 0 Å². The van der Waals surface area contributed by atoms with E-state index in [1.807, 2.05) is 0 Å². The minimum atomic E-state index is -0.0261. The van der Waals surface area contributed by atoms with Gasteiger partial charge in [-0.15, -0.1) is 0 Å². The number of ether oxygens (including phenoxy) is 2. The largest absolute Gasteiger partial charge is 0.352 e. The molecule has 2 rings (SSSR count). The standard InChI is InChI=1S/C10H16O3/c11-9-4-2-8(3-5-9)10-12-6-1-7-13-10/h8,10H,1-7H2. The molecule has 3 heteroatoms. The lowest BCUT2D eigenvalue weighted by Crippen LogP contribution is -2.34. The van der Waals surface area contributed by atoms with Crippen molar-refractivity contribution in [1.82, 2.24) is 0 Å². The molecule has 0 spiro atoms. The zero-order chi connectivity index (χ0) is 9.10. The van der Waals surface area contributed by atoms with E-state index in [0.29, 0.717) is 24.5 Å². The van der Waals surface area contributed by atoms with E-state index in [0.717, 1.165) is 32.5 Å². The molecule has 0 aromatic rings. The molecular formula is C10H16O3. The fourth-order valence-electron chi connectivity index (χ4n) is 2.01. The minimum Gasteiger partial charge on any atom is -0.352 e. The molecule has 1 saturated carbocycles. The molecule has 0 N–H and O–H groups in total.